The van der Waals surface area contributed by atoms with Crippen LogP contribution in [0.1, 0.15) is 20.8 Å². The van der Waals surface area contributed by atoms with E-state index in [0.717, 1.165) is 10.2 Å². The van der Waals surface area contributed by atoms with E-state index < -0.39 is 5.41 Å². The first-order valence-corrected chi connectivity index (χ1v) is 7.52. The summed E-state index contributed by atoms with van der Waals surface area (Å²) in [6.45, 7) is 9.90. The van der Waals surface area contributed by atoms with Crippen LogP contribution >= 0.6 is 22.9 Å². The number of carbonyl (C=O) groups is 1. The van der Waals surface area contributed by atoms with Gasteiger partial charge in [0.15, 0.2) is 4.80 Å². The van der Waals surface area contributed by atoms with E-state index in [1.165, 1.54) is 11.3 Å². The van der Waals surface area contributed by atoms with E-state index in [9.17, 15) is 4.79 Å². The monoisotopic (exact) mass is 308 g/mol. The minimum atomic E-state index is -0.494. The average molecular weight is 309 g/mol. The van der Waals surface area contributed by atoms with Crippen LogP contribution in [0, 0.1) is 5.41 Å². The van der Waals surface area contributed by atoms with Gasteiger partial charge in [-0.25, -0.2) is 0 Å². The predicted octanol–water partition coefficient (Wildman–Crippen LogP) is 4.02. The van der Waals surface area contributed by atoms with E-state index in [0.29, 0.717) is 16.4 Å². The van der Waals surface area contributed by atoms with Gasteiger partial charge in [-0.3, -0.25) is 4.79 Å². The Balaban J connectivity index is 2.73. The predicted molar refractivity (Wildman–Crippen MR) is 85.0 cm³/mol. The Morgan fingerprint density at radius 2 is 2.20 bits per heavy atom. The van der Waals surface area contributed by atoms with Crippen molar-refractivity contribution in [2.24, 2.45) is 10.4 Å². The molecule has 0 radical (unpaired) electrons. The second kappa shape index (κ2) is 5.54. The van der Waals surface area contributed by atoms with Crippen LogP contribution in [0.15, 0.2) is 35.8 Å². The van der Waals surface area contributed by atoms with E-state index in [2.05, 4.69) is 11.6 Å². The standard InChI is InChI=1S/C15H17ClN2OS/c1-5-9-18-12-10(16)7-6-8-11(12)20-14(18)17-13(19)15(2,3)4/h5-8H,1,9H2,2-4H3. The molecule has 0 aliphatic heterocycles. The lowest BCUT2D eigenvalue weighted by atomic mass is 9.96. The van der Waals surface area contributed by atoms with Gasteiger partial charge < -0.3 is 4.57 Å². The molecule has 0 aliphatic rings. The van der Waals surface area contributed by atoms with Gasteiger partial charge in [-0.2, -0.15) is 4.99 Å². The fourth-order valence-electron chi connectivity index (χ4n) is 1.73. The molecule has 5 heteroatoms. The molecule has 0 saturated carbocycles. The molecule has 0 aliphatic carbocycles. The SMILES string of the molecule is C=CCn1c(=NC(=O)C(C)(C)C)sc2cccc(Cl)c21. The topological polar surface area (TPSA) is 34.4 Å². The molecule has 0 spiro atoms. The number of thiazole rings is 1. The molecule has 2 aromatic rings. The number of fused-ring (bicyclic) bond motifs is 1. The number of carbonyl (C=O) groups excluding carboxylic acids is 1. The number of nitrogens with zero attached hydrogens (tertiary/aromatic N) is 2. The van der Waals surface area contributed by atoms with Crippen LogP contribution in [0.4, 0.5) is 0 Å². The number of rotatable bonds is 2. The van der Waals surface area contributed by atoms with Crippen LogP contribution in [0.5, 0.6) is 0 Å². The summed E-state index contributed by atoms with van der Waals surface area (Å²) >= 11 is 7.73. The first-order chi connectivity index (χ1) is 9.34. The van der Waals surface area contributed by atoms with Crippen molar-refractivity contribution in [2.75, 3.05) is 0 Å². The average Bonchev–Trinajstić information content (AvgIpc) is 2.68. The summed E-state index contributed by atoms with van der Waals surface area (Å²) in [4.78, 5) is 17.0. The number of amides is 1. The van der Waals surface area contributed by atoms with Crippen molar-refractivity contribution in [3.8, 4) is 0 Å². The molecule has 1 amide bonds. The zero-order valence-corrected chi connectivity index (χ0v) is 13.4. The molecular formula is C15H17ClN2OS. The van der Waals surface area contributed by atoms with Gasteiger partial charge >= 0.3 is 0 Å². The first kappa shape index (κ1) is 15.0. The van der Waals surface area contributed by atoms with E-state index in [4.69, 9.17) is 11.6 Å². The van der Waals surface area contributed by atoms with E-state index in [1.54, 1.807) is 6.08 Å². The molecule has 20 heavy (non-hydrogen) atoms. The molecule has 1 heterocycles. The zero-order valence-electron chi connectivity index (χ0n) is 11.8. The lowest BCUT2D eigenvalue weighted by Crippen LogP contribution is -2.23. The van der Waals surface area contributed by atoms with Crippen LogP contribution in [0.3, 0.4) is 0 Å². The summed E-state index contributed by atoms with van der Waals surface area (Å²) in [6.07, 6.45) is 1.77. The molecule has 0 bridgehead atoms. The lowest BCUT2D eigenvalue weighted by Gasteiger charge is -2.11. The molecule has 0 saturated heterocycles. The van der Waals surface area contributed by atoms with Crippen LogP contribution in [-0.2, 0) is 11.3 Å². The van der Waals surface area contributed by atoms with Gasteiger partial charge in [0.1, 0.15) is 0 Å². The van der Waals surface area contributed by atoms with E-state index in [1.807, 2.05) is 43.5 Å². The normalized spacial score (nSPS) is 12.9. The Morgan fingerprint density at radius 3 is 2.80 bits per heavy atom. The summed E-state index contributed by atoms with van der Waals surface area (Å²) < 4.78 is 2.94. The molecule has 3 nitrogen and oxygen atoms in total. The number of benzene rings is 1. The van der Waals surface area contributed by atoms with Crippen LogP contribution in [-0.4, -0.2) is 10.5 Å². The van der Waals surface area contributed by atoms with Gasteiger partial charge in [0.2, 0.25) is 0 Å². The largest absolute Gasteiger partial charge is 0.311 e. The highest BCUT2D eigenvalue weighted by molar-refractivity contribution is 7.16. The zero-order chi connectivity index (χ0) is 14.9. The highest BCUT2D eigenvalue weighted by Gasteiger charge is 2.21. The van der Waals surface area contributed by atoms with Gasteiger partial charge in [0.05, 0.1) is 15.2 Å². The van der Waals surface area contributed by atoms with Crippen molar-refractivity contribution in [3.63, 3.8) is 0 Å². The van der Waals surface area contributed by atoms with Crippen LogP contribution in [0.25, 0.3) is 10.2 Å². The van der Waals surface area contributed by atoms with Crippen molar-refractivity contribution >= 4 is 39.1 Å². The Bertz CT molecular complexity index is 734. The minimum absolute atomic E-state index is 0.141. The quantitative estimate of drug-likeness (QED) is 0.772. The molecule has 1 aromatic carbocycles. The number of halogens is 1. The van der Waals surface area contributed by atoms with Gasteiger partial charge in [-0.05, 0) is 12.1 Å². The van der Waals surface area contributed by atoms with Gasteiger partial charge in [0.25, 0.3) is 5.91 Å². The minimum Gasteiger partial charge on any atom is -0.311 e. The highest BCUT2D eigenvalue weighted by atomic mass is 35.5. The third-order valence-corrected chi connectivity index (χ3v) is 4.15. The van der Waals surface area contributed by atoms with Crippen molar-refractivity contribution in [1.29, 1.82) is 0 Å². The van der Waals surface area contributed by atoms with Crippen LogP contribution in [0.2, 0.25) is 5.02 Å². The van der Waals surface area contributed by atoms with Crippen molar-refractivity contribution in [1.82, 2.24) is 4.57 Å². The maximum atomic E-state index is 12.1. The fraction of sp³-hybridized carbons (Fsp3) is 0.333. The van der Waals surface area contributed by atoms with Gasteiger partial charge in [-0.1, -0.05) is 55.9 Å². The number of allylic oxidation sites excluding steroid dienone is 1. The Morgan fingerprint density at radius 1 is 1.50 bits per heavy atom. The number of aromatic nitrogens is 1. The molecular weight excluding hydrogens is 292 g/mol. The second-order valence-corrected chi connectivity index (χ2v) is 6.95. The fourth-order valence-corrected chi connectivity index (χ4v) is 3.12. The van der Waals surface area contributed by atoms with E-state index in [-0.39, 0.29) is 5.91 Å². The summed E-state index contributed by atoms with van der Waals surface area (Å²) in [7, 11) is 0. The lowest BCUT2D eigenvalue weighted by molar-refractivity contribution is -0.125. The van der Waals surface area contributed by atoms with Crippen LogP contribution < -0.4 is 4.80 Å². The summed E-state index contributed by atoms with van der Waals surface area (Å²) in [5.41, 5.74) is 0.408. The Hall–Kier alpha value is -1.39. The number of hydrogen-bond acceptors (Lipinski definition) is 2. The molecule has 2 rings (SSSR count). The molecule has 0 fully saturated rings. The summed E-state index contributed by atoms with van der Waals surface area (Å²) in [5.74, 6) is -0.141. The second-order valence-electron chi connectivity index (χ2n) is 5.54. The van der Waals surface area contributed by atoms with Crippen molar-refractivity contribution in [2.45, 2.75) is 27.3 Å². The van der Waals surface area contributed by atoms with Crippen molar-refractivity contribution < 1.29 is 4.79 Å². The highest BCUT2D eigenvalue weighted by Crippen LogP contribution is 2.25. The Kier molecular flexibility index (Phi) is 4.16. The van der Waals surface area contributed by atoms with Crippen molar-refractivity contribution in [3.05, 3.63) is 40.7 Å². The van der Waals surface area contributed by atoms with E-state index >= 15 is 0 Å². The number of para-hydroxylation sites is 1. The molecule has 106 valence electrons. The Labute approximate surface area is 127 Å². The van der Waals surface area contributed by atoms with Gasteiger partial charge in [-0.15, -0.1) is 6.58 Å². The third kappa shape index (κ3) is 2.86. The molecule has 0 unspecified atom stereocenters. The molecule has 1 aromatic heterocycles. The summed E-state index contributed by atoms with van der Waals surface area (Å²) in [6, 6.07) is 5.71. The summed E-state index contributed by atoms with van der Waals surface area (Å²) in [5, 5.41) is 0.658. The number of hydrogen-bond donors (Lipinski definition) is 0. The smallest absolute Gasteiger partial charge is 0.253 e. The maximum absolute atomic E-state index is 12.1. The molecule has 0 atom stereocenters. The van der Waals surface area contributed by atoms with Gasteiger partial charge in [0, 0.05) is 12.0 Å². The third-order valence-electron chi connectivity index (χ3n) is 2.80. The first-order valence-electron chi connectivity index (χ1n) is 6.32. The maximum Gasteiger partial charge on any atom is 0.253 e. The molecule has 0 N–H and O–H groups in total.